The number of ether oxygens (including phenoxy) is 1. The van der Waals surface area contributed by atoms with E-state index in [1.165, 1.54) is 36.5 Å². The molecule has 29 heavy (non-hydrogen) atoms. The first kappa shape index (κ1) is 20.1. The number of nitrogens with one attached hydrogen (secondary N) is 2. The summed E-state index contributed by atoms with van der Waals surface area (Å²) in [5.41, 5.74) is 1.61. The third-order valence-corrected chi connectivity index (χ3v) is 5.30. The molecular formula is C21H19N3O4S. The smallest absolute Gasteiger partial charge is 0.261 e. The Morgan fingerprint density at radius 1 is 1.00 bits per heavy atom. The summed E-state index contributed by atoms with van der Waals surface area (Å²) in [4.78, 5) is 16.1. The molecule has 1 aromatic heterocycles. The molecule has 148 valence electrons. The van der Waals surface area contributed by atoms with Crippen LogP contribution in [-0.4, -0.2) is 26.4 Å². The topological polar surface area (TPSA) is 97.4 Å². The Bertz CT molecular complexity index is 1110. The Labute approximate surface area is 169 Å². The van der Waals surface area contributed by atoms with Crippen molar-refractivity contribution < 1.29 is 17.9 Å². The van der Waals surface area contributed by atoms with Crippen molar-refractivity contribution in [2.75, 3.05) is 17.1 Å². The summed E-state index contributed by atoms with van der Waals surface area (Å²) in [6.45, 7) is 0. The van der Waals surface area contributed by atoms with Crippen molar-refractivity contribution in [3.63, 3.8) is 0 Å². The number of para-hydroxylation sites is 1. The molecule has 0 spiro atoms. The molecular weight excluding hydrogens is 390 g/mol. The standard InChI is InChI=1S/C21H19N3O4S/c1-28-20-7-3-2-5-16(20)8-13-21(25)23-17-9-11-19(12-10-17)29(26,27)24-18-6-4-14-22-15-18/h2-15,24H,1H3,(H,23,25)/b13-8+. The lowest BCUT2D eigenvalue weighted by atomic mass is 10.2. The molecule has 0 aliphatic heterocycles. The average Bonchev–Trinajstić information content (AvgIpc) is 2.73. The fourth-order valence-corrected chi connectivity index (χ4v) is 3.55. The molecule has 3 rings (SSSR count). The molecule has 0 aliphatic carbocycles. The minimum Gasteiger partial charge on any atom is -0.496 e. The monoisotopic (exact) mass is 409 g/mol. The van der Waals surface area contributed by atoms with Gasteiger partial charge in [0.25, 0.3) is 10.0 Å². The lowest BCUT2D eigenvalue weighted by Gasteiger charge is -2.08. The average molecular weight is 409 g/mol. The fourth-order valence-electron chi connectivity index (χ4n) is 2.51. The molecule has 2 aromatic carbocycles. The highest BCUT2D eigenvalue weighted by molar-refractivity contribution is 7.92. The van der Waals surface area contributed by atoms with Crippen molar-refractivity contribution in [2.45, 2.75) is 4.90 Å². The molecule has 7 nitrogen and oxygen atoms in total. The zero-order valence-electron chi connectivity index (χ0n) is 15.6. The van der Waals surface area contributed by atoms with Crippen LogP contribution < -0.4 is 14.8 Å². The summed E-state index contributed by atoms with van der Waals surface area (Å²) >= 11 is 0. The van der Waals surface area contributed by atoms with Crippen LogP contribution in [0.4, 0.5) is 11.4 Å². The van der Waals surface area contributed by atoms with Gasteiger partial charge in [-0.05, 0) is 48.5 Å². The second-order valence-electron chi connectivity index (χ2n) is 5.94. The van der Waals surface area contributed by atoms with Crippen molar-refractivity contribution in [1.82, 2.24) is 4.98 Å². The van der Waals surface area contributed by atoms with Gasteiger partial charge in [-0.3, -0.25) is 14.5 Å². The highest BCUT2D eigenvalue weighted by Crippen LogP contribution is 2.20. The molecule has 0 atom stereocenters. The van der Waals surface area contributed by atoms with Gasteiger partial charge in [-0.25, -0.2) is 8.42 Å². The number of sulfonamides is 1. The molecule has 2 N–H and O–H groups in total. The number of anilines is 2. The molecule has 0 fully saturated rings. The van der Waals surface area contributed by atoms with Gasteiger partial charge in [0.1, 0.15) is 5.75 Å². The molecule has 0 saturated carbocycles. The third kappa shape index (κ3) is 5.43. The van der Waals surface area contributed by atoms with Crippen LogP contribution in [0.5, 0.6) is 5.75 Å². The number of amides is 1. The Kier molecular flexibility index (Phi) is 6.25. The molecule has 0 unspecified atom stereocenters. The number of hydrogen-bond acceptors (Lipinski definition) is 5. The summed E-state index contributed by atoms with van der Waals surface area (Å²) < 4.78 is 32.5. The van der Waals surface area contributed by atoms with E-state index in [0.717, 1.165) is 5.56 Å². The van der Waals surface area contributed by atoms with Crippen LogP contribution in [0, 0.1) is 0 Å². The van der Waals surface area contributed by atoms with Crippen LogP contribution >= 0.6 is 0 Å². The molecule has 0 saturated heterocycles. The number of rotatable bonds is 7. The predicted octanol–water partition coefficient (Wildman–Crippen LogP) is 3.54. The van der Waals surface area contributed by atoms with E-state index in [9.17, 15) is 13.2 Å². The molecule has 8 heteroatoms. The largest absolute Gasteiger partial charge is 0.496 e. The summed E-state index contributed by atoms with van der Waals surface area (Å²) in [5, 5.41) is 2.69. The van der Waals surface area contributed by atoms with Crippen LogP contribution in [0.15, 0.2) is 84.0 Å². The van der Waals surface area contributed by atoms with Crippen molar-refractivity contribution >= 4 is 33.4 Å². The van der Waals surface area contributed by atoms with E-state index in [1.807, 2.05) is 18.2 Å². The summed E-state index contributed by atoms with van der Waals surface area (Å²) in [7, 11) is -2.18. The van der Waals surface area contributed by atoms with Crippen LogP contribution in [-0.2, 0) is 14.8 Å². The number of aromatic nitrogens is 1. The van der Waals surface area contributed by atoms with Crippen molar-refractivity contribution in [2.24, 2.45) is 0 Å². The number of pyridine rings is 1. The first-order valence-electron chi connectivity index (χ1n) is 8.63. The maximum Gasteiger partial charge on any atom is 0.261 e. The van der Waals surface area contributed by atoms with Gasteiger partial charge in [0.15, 0.2) is 0 Å². The molecule has 1 heterocycles. The van der Waals surface area contributed by atoms with Gasteiger partial charge in [-0.1, -0.05) is 18.2 Å². The van der Waals surface area contributed by atoms with E-state index in [4.69, 9.17) is 4.74 Å². The second kappa shape index (κ2) is 9.03. The SMILES string of the molecule is COc1ccccc1/C=C/C(=O)Nc1ccc(S(=O)(=O)Nc2cccnc2)cc1. The fraction of sp³-hybridized carbons (Fsp3) is 0.0476. The van der Waals surface area contributed by atoms with Crippen LogP contribution in [0.1, 0.15) is 5.56 Å². The summed E-state index contributed by atoms with van der Waals surface area (Å²) in [5.74, 6) is 0.312. The minimum absolute atomic E-state index is 0.0731. The van der Waals surface area contributed by atoms with E-state index in [0.29, 0.717) is 17.1 Å². The number of hydrogen-bond donors (Lipinski definition) is 2. The van der Waals surface area contributed by atoms with Gasteiger partial charge in [-0.15, -0.1) is 0 Å². The normalized spacial score (nSPS) is 11.2. The summed E-state index contributed by atoms with van der Waals surface area (Å²) in [6, 6.07) is 16.4. The van der Waals surface area contributed by atoms with Gasteiger partial charge in [-0.2, -0.15) is 0 Å². The van der Waals surface area contributed by atoms with Crippen molar-refractivity contribution in [3.05, 3.63) is 84.7 Å². The number of carbonyl (C=O) groups is 1. The van der Waals surface area contributed by atoms with Gasteiger partial charge in [0, 0.05) is 23.5 Å². The lowest BCUT2D eigenvalue weighted by molar-refractivity contribution is -0.111. The van der Waals surface area contributed by atoms with Crippen LogP contribution in [0.2, 0.25) is 0 Å². The van der Waals surface area contributed by atoms with E-state index in [1.54, 1.807) is 37.6 Å². The molecule has 0 aliphatic rings. The van der Waals surface area contributed by atoms with Crippen LogP contribution in [0.3, 0.4) is 0 Å². The Morgan fingerprint density at radius 2 is 1.76 bits per heavy atom. The minimum atomic E-state index is -3.74. The third-order valence-electron chi connectivity index (χ3n) is 3.90. The first-order valence-corrected chi connectivity index (χ1v) is 10.1. The van der Waals surface area contributed by atoms with Crippen molar-refractivity contribution in [3.8, 4) is 5.75 Å². The quantitative estimate of drug-likeness (QED) is 0.582. The zero-order chi connectivity index (χ0) is 20.7. The summed E-state index contributed by atoms with van der Waals surface area (Å²) in [6.07, 6.45) is 6.00. The maximum absolute atomic E-state index is 12.4. The molecule has 3 aromatic rings. The lowest BCUT2D eigenvalue weighted by Crippen LogP contribution is -2.13. The molecule has 1 amide bonds. The van der Waals surface area contributed by atoms with Crippen molar-refractivity contribution in [1.29, 1.82) is 0 Å². The van der Waals surface area contributed by atoms with E-state index >= 15 is 0 Å². The highest BCUT2D eigenvalue weighted by Gasteiger charge is 2.14. The maximum atomic E-state index is 12.4. The van der Waals surface area contributed by atoms with E-state index in [2.05, 4.69) is 15.0 Å². The van der Waals surface area contributed by atoms with Gasteiger partial charge in [0.05, 0.1) is 23.9 Å². The predicted molar refractivity (Wildman–Crippen MR) is 112 cm³/mol. The van der Waals surface area contributed by atoms with Crippen LogP contribution in [0.25, 0.3) is 6.08 Å². The zero-order valence-corrected chi connectivity index (χ0v) is 16.4. The number of nitrogens with zero attached hydrogens (tertiary/aromatic N) is 1. The number of carbonyl (C=O) groups excluding carboxylic acids is 1. The Morgan fingerprint density at radius 3 is 2.45 bits per heavy atom. The van der Waals surface area contributed by atoms with E-state index in [-0.39, 0.29) is 10.8 Å². The Balaban J connectivity index is 1.65. The second-order valence-corrected chi connectivity index (χ2v) is 7.62. The number of benzene rings is 2. The first-order chi connectivity index (χ1) is 14.0. The molecule has 0 radical (unpaired) electrons. The Hall–Kier alpha value is -3.65. The highest BCUT2D eigenvalue weighted by atomic mass is 32.2. The number of methoxy groups -OCH3 is 1. The molecule has 0 bridgehead atoms. The van der Waals surface area contributed by atoms with E-state index < -0.39 is 10.0 Å². The van der Waals surface area contributed by atoms with Gasteiger partial charge < -0.3 is 10.1 Å². The van der Waals surface area contributed by atoms with Gasteiger partial charge >= 0.3 is 0 Å². The van der Waals surface area contributed by atoms with Gasteiger partial charge in [0.2, 0.25) is 5.91 Å².